The van der Waals surface area contributed by atoms with Gasteiger partial charge < -0.3 is 29.0 Å². The number of carbonyl (C=O) groups excluding carboxylic acids is 2. The molecule has 1 aliphatic rings. The molecule has 1 amide bonds. The molecule has 0 saturated carbocycles. The molecule has 8 heteroatoms. The summed E-state index contributed by atoms with van der Waals surface area (Å²) >= 11 is 0. The minimum atomic E-state index is -0.586. The summed E-state index contributed by atoms with van der Waals surface area (Å²) in [7, 11) is 3.12. The highest BCUT2D eigenvalue weighted by Crippen LogP contribution is 2.29. The maximum Gasteiger partial charge on any atom is 0.338 e. The Balaban J connectivity index is 1.47. The molecule has 0 radical (unpaired) electrons. The van der Waals surface area contributed by atoms with Crippen molar-refractivity contribution < 1.29 is 33.3 Å². The number of methoxy groups -OCH3 is 2. The zero-order valence-corrected chi connectivity index (χ0v) is 18.6. The maximum atomic E-state index is 12.3. The Morgan fingerprint density at radius 1 is 1.09 bits per heavy atom. The molecule has 2 aromatic rings. The van der Waals surface area contributed by atoms with E-state index < -0.39 is 18.5 Å². The predicted octanol–water partition coefficient (Wildman–Crippen LogP) is 3.30. The smallest absolute Gasteiger partial charge is 0.338 e. The van der Waals surface area contributed by atoms with Crippen molar-refractivity contribution in [2.45, 2.75) is 31.9 Å². The number of amides is 1. The lowest BCUT2D eigenvalue weighted by molar-refractivity contribution is -0.124. The van der Waals surface area contributed by atoms with Gasteiger partial charge in [0.15, 0.2) is 6.61 Å². The molecule has 0 spiro atoms. The van der Waals surface area contributed by atoms with Gasteiger partial charge in [0.25, 0.3) is 5.91 Å². The molecular weight excluding hydrogens is 414 g/mol. The van der Waals surface area contributed by atoms with Gasteiger partial charge in [-0.3, -0.25) is 4.79 Å². The maximum absolute atomic E-state index is 12.3. The SMILES string of the molecule is COc1ccc(OC)c(C(C)NC(=O)COC(=O)c2ccc(OCC3CCCO3)cc2)c1. The van der Waals surface area contributed by atoms with Crippen LogP contribution in [0.4, 0.5) is 0 Å². The molecule has 2 atom stereocenters. The number of ether oxygens (including phenoxy) is 5. The second-order valence-electron chi connectivity index (χ2n) is 7.44. The lowest BCUT2D eigenvalue weighted by Gasteiger charge is -2.18. The minimum Gasteiger partial charge on any atom is -0.497 e. The van der Waals surface area contributed by atoms with Crippen LogP contribution in [0.5, 0.6) is 17.2 Å². The van der Waals surface area contributed by atoms with Gasteiger partial charge in [-0.1, -0.05) is 0 Å². The molecule has 172 valence electrons. The fourth-order valence-electron chi connectivity index (χ4n) is 3.41. The molecule has 1 aliphatic heterocycles. The van der Waals surface area contributed by atoms with Crippen molar-refractivity contribution in [3.05, 3.63) is 53.6 Å². The lowest BCUT2D eigenvalue weighted by atomic mass is 10.1. The first kappa shape index (κ1) is 23.4. The van der Waals surface area contributed by atoms with E-state index in [2.05, 4.69) is 5.32 Å². The Kier molecular flexibility index (Phi) is 8.33. The molecule has 0 aromatic heterocycles. The summed E-state index contributed by atoms with van der Waals surface area (Å²) < 4.78 is 26.9. The number of benzene rings is 2. The van der Waals surface area contributed by atoms with Gasteiger partial charge in [-0.05, 0) is 62.2 Å². The highest BCUT2D eigenvalue weighted by molar-refractivity contribution is 5.91. The van der Waals surface area contributed by atoms with E-state index in [1.165, 1.54) is 0 Å². The third-order valence-electron chi connectivity index (χ3n) is 5.17. The van der Waals surface area contributed by atoms with E-state index >= 15 is 0 Å². The molecule has 1 heterocycles. The summed E-state index contributed by atoms with van der Waals surface area (Å²) in [6.07, 6.45) is 2.17. The van der Waals surface area contributed by atoms with Crippen LogP contribution in [0, 0.1) is 0 Å². The molecule has 8 nitrogen and oxygen atoms in total. The van der Waals surface area contributed by atoms with Crippen molar-refractivity contribution in [2.24, 2.45) is 0 Å². The first-order valence-corrected chi connectivity index (χ1v) is 10.5. The van der Waals surface area contributed by atoms with Gasteiger partial charge in [0.2, 0.25) is 0 Å². The van der Waals surface area contributed by atoms with Gasteiger partial charge in [-0.2, -0.15) is 0 Å². The fraction of sp³-hybridized carbons (Fsp3) is 0.417. The van der Waals surface area contributed by atoms with E-state index in [-0.39, 0.29) is 12.1 Å². The zero-order valence-electron chi connectivity index (χ0n) is 18.6. The van der Waals surface area contributed by atoms with Crippen molar-refractivity contribution in [3.8, 4) is 17.2 Å². The first-order valence-electron chi connectivity index (χ1n) is 10.5. The van der Waals surface area contributed by atoms with Crippen LogP contribution in [0.25, 0.3) is 0 Å². The Hall–Kier alpha value is -3.26. The quantitative estimate of drug-likeness (QED) is 0.563. The molecule has 32 heavy (non-hydrogen) atoms. The molecule has 2 unspecified atom stereocenters. The highest BCUT2D eigenvalue weighted by atomic mass is 16.5. The minimum absolute atomic E-state index is 0.123. The van der Waals surface area contributed by atoms with Crippen LogP contribution in [-0.2, 0) is 14.3 Å². The summed E-state index contributed by atoms with van der Waals surface area (Å²) in [6.45, 7) is 2.68. The molecule has 0 bridgehead atoms. The summed E-state index contributed by atoms with van der Waals surface area (Å²) in [5.41, 5.74) is 1.09. The molecule has 1 N–H and O–H groups in total. The van der Waals surface area contributed by atoms with Crippen molar-refractivity contribution >= 4 is 11.9 Å². The van der Waals surface area contributed by atoms with Crippen LogP contribution in [-0.4, -0.2) is 52.0 Å². The third-order valence-corrected chi connectivity index (χ3v) is 5.17. The lowest BCUT2D eigenvalue weighted by Crippen LogP contribution is -2.31. The average molecular weight is 443 g/mol. The van der Waals surface area contributed by atoms with E-state index in [0.717, 1.165) is 25.0 Å². The van der Waals surface area contributed by atoms with Gasteiger partial charge >= 0.3 is 5.97 Å². The highest BCUT2D eigenvalue weighted by Gasteiger charge is 2.18. The van der Waals surface area contributed by atoms with Crippen molar-refractivity contribution in [1.82, 2.24) is 5.32 Å². The normalized spacial score (nSPS) is 16.2. The van der Waals surface area contributed by atoms with Crippen molar-refractivity contribution in [3.63, 3.8) is 0 Å². The molecule has 1 fully saturated rings. The second kappa shape index (κ2) is 11.4. The molecular formula is C24H29NO7. The number of hydrogen-bond acceptors (Lipinski definition) is 7. The van der Waals surface area contributed by atoms with Gasteiger partial charge in [0.05, 0.1) is 31.9 Å². The van der Waals surface area contributed by atoms with Crippen molar-refractivity contribution in [2.75, 3.05) is 34.0 Å². The largest absolute Gasteiger partial charge is 0.497 e. The van der Waals surface area contributed by atoms with Crippen LogP contribution < -0.4 is 19.5 Å². The Labute approximate surface area is 187 Å². The van der Waals surface area contributed by atoms with Gasteiger partial charge in [-0.15, -0.1) is 0 Å². The number of rotatable bonds is 10. The van der Waals surface area contributed by atoms with E-state index in [4.69, 9.17) is 23.7 Å². The Morgan fingerprint density at radius 2 is 1.84 bits per heavy atom. The topological polar surface area (TPSA) is 92.3 Å². The molecule has 3 rings (SSSR count). The van der Waals surface area contributed by atoms with Crippen LogP contribution in [0.2, 0.25) is 0 Å². The van der Waals surface area contributed by atoms with Crippen LogP contribution in [0.15, 0.2) is 42.5 Å². The first-order chi connectivity index (χ1) is 15.5. The summed E-state index contributed by atoms with van der Waals surface area (Å²) in [5, 5.41) is 2.80. The number of carbonyl (C=O) groups is 2. The third kappa shape index (κ3) is 6.37. The average Bonchev–Trinajstić information content (AvgIpc) is 3.34. The summed E-state index contributed by atoms with van der Waals surface area (Å²) in [6, 6.07) is 11.6. The standard InChI is InChI=1S/C24H29NO7/c1-16(21-13-19(28-2)10-11-22(21)29-3)25-23(26)15-32-24(27)17-6-8-18(9-7-17)31-14-20-5-4-12-30-20/h6-11,13,16,20H,4-5,12,14-15H2,1-3H3,(H,25,26). The molecule has 1 saturated heterocycles. The van der Waals surface area contributed by atoms with Crippen LogP contribution in [0.3, 0.4) is 0 Å². The summed E-state index contributed by atoms with van der Waals surface area (Å²) in [5.74, 6) is 0.912. The van der Waals surface area contributed by atoms with E-state index in [1.807, 2.05) is 6.92 Å². The number of nitrogens with one attached hydrogen (secondary N) is 1. The van der Waals surface area contributed by atoms with E-state index in [1.54, 1.807) is 56.7 Å². The van der Waals surface area contributed by atoms with E-state index in [9.17, 15) is 9.59 Å². The predicted molar refractivity (Wildman–Crippen MR) is 117 cm³/mol. The molecule has 2 aromatic carbocycles. The van der Waals surface area contributed by atoms with Crippen molar-refractivity contribution in [1.29, 1.82) is 0 Å². The monoisotopic (exact) mass is 443 g/mol. The van der Waals surface area contributed by atoms with E-state index in [0.29, 0.717) is 29.4 Å². The number of hydrogen-bond donors (Lipinski definition) is 1. The summed E-state index contributed by atoms with van der Waals surface area (Å²) in [4.78, 5) is 24.6. The number of esters is 1. The van der Waals surface area contributed by atoms with Gasteiger partial charge in [0, 0.05) is 12.2 Å². The van der Waals surface area contributed by atoms with Gasteiger partial charge in [-0.25, -0.2) is 4.79 Å². The molecule has 0 aliphatic carbocycles. The Morgan fingerprint density at radius 3 is 2.50 bits per heavy atom. The van der Waals surface area contributed by atoms with Gasteiger partial charge in [0.1, 0.15) is 23.9 Å². The van der Waals surface area contributed by atoms with Crippen LogP contribution in [0.1, 0.15) is 41.7 Å². The van der Waals surface area contributed by atoms with Crippen LogP contribution >= 0.6 is 0 Å². The zero-order chi connectivity index (χ0) is 22.9. The Bertz CT molecular complexity index is 907. The second-order valence-corrected chi connectivity index (χ2v) is 7.44. The fourth-order valence-corrected chi connectivity index (χ4v) is 3.41.